The summed E-state index contributed by atoms with van der Waals surface area (Å²) in [6.07, 6.45) is 1.80. The lowest BCUT2D eigenvalue weighted by Gasteiger charge is -2.35. The summed E-state index contributed by atoms with van der Waals surface area (Å²) in [5.74, 6) is 0.338. The van der Waals surface area contributed by atoms with Crippen LogP contribution in [0.15, 0.2) is 47.8 Å². The van der Waals surface area contributed by atoms with Gasteiger partial charge in [-0.25, -0.2) is 0 Å². The Morgan fingerprint density at radius 1 is 0.875 bits per heavy atom. The zero-order valence-corrected chi connectivity index (χ0v) is 14.5. The number of carbonyl (C=O) groups is 2. The molecule has 2 aromatic rings. The monoisotopic (exact) mass is 342 g/mol. The lowest BCUT2D eigenvalue weighted by Crippen LogP contribution is -2.51. The Kier molecular flexibility index (Phi) is 5.64. The molecular weight excluding hydrogens is 320 g/mol. The highest BCUT2D eigenvalue weighted by Gasteiger charge is 2.23. The Morgan fingerprint density at radius 3 is 2.17 bits per heavy atom. The van der Waals surface area contributed by atoms with Crippen LogP contribution in [0.2, 0.25) is 0 Å². The Morgan fingerprint density at radius 2 is 1.54 bits per heavy atom. The number of rotatable bonds is 5. The van der Waals surface area contributed by atoms with Gasteiger partial charge in [-0.05, 0) is 23.4 Å². The second-order valence-corrected chi connectivity index (χ2v) is 7.04. The lowest BCUT2D eigenvalue weighted by atomic mass is 10.1. The summed E-state index contributed by atoms with van der Waals surface area (Å²) in [6.45, 7) is 2.56. The molecule has 0 unspecified atom stereocenters. The maximum absolute atomic E-state index is 12.3. The number of benzene rings is 1. The van der Waals surface area contributed by atoms with Gasteiger partial charge < -0.3 is 9.80 Å². The molecule has 0 spiro atoms. The first-order valence-corrected chi connectivity index (χ1v) is 9.22. The van der Waals surface area contributed by atoms with E-state index in [1.54, 1.807) is 11.3 Å². The minimum atomic E-state index is 0.145. The molecule has 0 radical (unpaired) electrons. The van der Waals surface area contributed by atoms with Crippen molar-refractivity contribution in [2.24, 2.45) is 0 Å². The minimum absolute atomic E-state index is 0.145. The second kappa shape index (κ2) is 8.11. The Labute approximate surface area is 146 Å². The number of carbonyl (C=O) groups excluding carboxylic acids is 2. The largest absolute Gasteiger partial charge is 0.339 e. The summed E-state index contributed by atoms with van der Waals surface area (Å²) in [6, 6.07) is 13.9. The van der Waals surface area contributed by atoms with Crippen LogP contribution >= 0.6 is 11.3 Å². The van der Waals surface area contributed by atoms with E-state index in [4.69, 9.17) is 0 Å². The highest BCUT2D eigenvalue weighted by molar-refractivity contribution is 7.09. The van der Waals surface area contributed by atoms with Gasteiger partial charge in [-0.15, -0.1) is 11.3 Å². The predicted octanol–water partition coefficient (Wildman–Crippen LogP) is 2.59. The van der Waals surface area contributed by atoms with Gasteiger partial charge in [-0.3, -0.25) is 9.59 Å². The summed E-state index contributed by atoms with van der Waals surface area (Å²) in [4.78, 5) is 29.6. The van der Waals surface area contributed by atoms with E-state index in [1.807, 2.05) is 51.6 Å². The number of nitrogens with zero attached hydrogens (tertiary/aromatic N) is 2. The van der Waals surface area contributed by atoms with E-state index in [1.165, 1.54) is 4.88 Å². The number of amides is 2. The number of piperazine rings is 1. The summed E-state index contributed by atoms with van der Waals surface area (Å²) in [5, 5.41) is 2.04. The SMILES string of the molecule is O=C(CCc1cccs1)N1CCN(C(=O)Cc2ccccc2)CC1. The average Bonchev–Trinajstić information content (AvgIpc) is 3.14. The summed E-state index contributed by atoms with van der Waals surface area (Å²) in [7, 11) is 0. The summed E-state index contributed by atoms with van der Waals surface area (Å²) in [5.41, 5.74) is 1.04. The number of hydrogen-bond donors (Lipinski definition) is 0. The van der Waals surface area contributed by atoms with E-state index >= 15 is 0 Å². The molecule has 126 valence electrons. The van der Waals surface area contributed by atoms with Gasteiger partial charge in [-0.2, -0.15) is 0 Å². The zero-order chi connectivity index (χ0) is 16.8. The fourth-order valence-corrected chi connectivity index (χ4v) is 3.64. The number of aryl methyl sites for hydroxylation is 1. The first-order valence-electron chi connectivity index (χ1n) is 8.34. The van der Waals surface area contributed by atoms with E-state index in [9.17, 15) is 9.59 Å². The van der Waals surface area contributed by atoms with E-state index < -0.39 is 0 Å². The zero-order valence-electron chi connectivity index (χ0n) is 13.7. The minimum Gasteiger partial charge on any atom is -0.339 e. The van der Waals surface area contributed by atoms with Crippen LogP contribution in [0.4, 0.5) is 0 Å². The van der Waals surface area contributed by atoms with Crippen LogP contribution in [0.25, 0.3) is 0 Å². The molecule has 2 heterocycles. The molecule has 0 N–H and O–H groups in total. The van der Waals surface area contributed by atoms with Gasteiger partial charge >= 0.3 is 0 Å². The highest BCUT2D eigenvalue weighted by atomic mass is 32.1. The Hall–Kier alpha value is -2.14. The van der Waals surface area contributed by atoms with Gasteiger partial charge in [-0.1, -0.05) is 36.4 Å². The van der Waals surface area contributed by atoms with Gasteiger partial charge in [0, 0.05) is 37.5 Å². The van der Waals surface area contributed by atoms with E-state index in [2.05, 4.69) is 6.07 Å². The molecule has 5 heteroatoms. The van der Waals surface area contributed by atoms with Crippen molar-refractivity contribution in [3.05, 3.63) is 58.3 Å². The molecule has 24 heavy (non-hydrogen) atoms. The third-order valence-electron chi connectivity index (χ3n) is 4.35. The van der Waals surface area contributed by atoms with Crippen molar-refractivity contribution in [3.63, 3.8) is 0 Å². The fourth-order valence-electron chi connectivity index (χ4n) is 2.93. The topological polar surface area (TPSA) is 40.6 Å². The summed E-state index contributed by atoms with van der Waals surface area (Å²) >= 11 is 1.69. The molecule has 0 atom stereocenters. The molecule has 0 bridgehead atoms. The highest BCUT2D eigenvalue weighted by Crippen LogP contribution is 2.13. The van der Waals surface area contributed by atoms with Crippen molar-refractivity contribution >= 4 is 23.2 Å². The molecule has 4 nitrogen and oxygen atoms in total. The molecule has 1 aliphatic heterocycles. The molecule has 1 aromatic heterocycles. The molecule has 1 saturated heterocycles. The smallest absolute Gasteiger partial charge is 0.227 e. The molecule has 0 aliphatic carbocycles. The quantitative estimate of drug-likeness (QED) is 0.838. The van der Waals surface area contributed by atoms with Crippen LogP contribution in [0.3, 0.4) is 0 Å². The molecule has 1 fully saturated rings. The van der Waals surface area contributed by atoms with Gasteiger partial charge in [0.15, 0.2) is 0 Å². The maximum Gasteiger partial charge on any atom is 0.227 e. The van der Waals surface area contributed by atoms with Crippen LogP contribution in [0.5, 0.6) is 0 Å². The third-order valence-corrected chi connectivity index (χ3v) is 5.28. The van der Waals surface area contributed by atoms with Gasteiger partial charge in [0.25, 0.3) is 0 Å². The lowest BCUT2D eigenvalue weighted by molar-refractivity contribution is -0.139. The standard InChI is InChI=1S/C19H22N2O2S/c22-18(9-8-17-7-4-14-24-17)20-10-12-21(13-11-20)19(23)15-16-5-2-1-3-6-16/h1-7,14H,8-13,15H2. The van der Waals surface area contributed by atoms with Crippen molar-refractivity contribution in [2.75, 3.05) is 26.2 Å². The molecule has 1 aliphatic rings. The van der Waals surface area contributed by atoms with E-state index in [-0.39, 0.29) is 11.8 Å². The van der Waals surface area contributed by atoms with Crippen LogP contribution in [-0.4, -0.2) is 47.8 Å². The molecule has 1 aromatic carbocycles. The van der Waals surface area contributed by atoms with Crippen LogP contribution in [0.1, 0.15) is 16.9 Å². The van der Waals surface area contributed by atoms with Crippen molar-refractivity contribution in [3.8, 4) is 0 Å². The van der Waals surface area contributed by atoms with Crippen molar-refractivity contribution in [1.29, 1.82) is 0 Å². The maximum atomic E-state index is 12.3. The van der Waals surface area contributed by atoms with Crippen LogP contribution in [0, 0.1) is 0 Å². The van der Waals surface area contributed by atoms with Crippen molar-refractivity contribution in [2.45, 2.75) is 19.3 Å². The molecule has 0 saturated carbocycles. The van der Waals surface area contributed by atoms with Gasteiger partial charge in [0.1, 0.15) is 0 Å². The van der Waals surface area contributed by atoms with E-state index in [0.29, 0.717) is 39.0 Å². The van der Waals surface area contributed by atoms with E-state index in [0.717, 1.165) is 12.0 Å². The van der Waals surface area contributed by atoms with Gasteiger partial charge in [0.2, 0.25) is 11.8 Å². The fraction of sp³-hybridized carbons (Fsp3) is 0.368. The van der Waals surface area contributed by atoms with Crippen molar-refractivity contribution < 1.29 is 9.59 Å². The van der Waals surface area contributed by atoms with Crippen LogP contribution in [-0.2, 0) is 22.4 Å². The average molecular weight is 342 g/mol. The van der Waals surface area contributed by atoms with Crippen molar-refractivity contribution in [1.82, 2.24) is 9.80 Å². The molecular formula is C19H22N2O2S. The third kappa shape index (κ3) is 4.45. The Balaban J connectivity index is 1.43. The first-order chi connectivity index (χ1) is 11.7. The normalized spacial score (nSPS) is 14.7. The molecule has 2 amide bonds. The predicted molar refractivity (Wildman–Crippen MR) is 95.9 cm³/mol. The number of thiophene rings is 1. The van der Waals surface area contributed by atoms with Gasteiger partial charge in [0.05, 0.1) is 6.42 Å². The second-order valence-electron chi connectivity index (χ2n) is 6.00. The van der Waals surface area contributed by atoms with Crippen LogP contribution < -0.4 is 0 Å². The first kappa shape index (κ1) is 16.7. The summed E-state index contributed by atoms with van der Waals surface area (Å²) < 4.78 is 0. The Bertz CT molecular complexity index is 662. The number of hydrogen-bond acceptors (Lipinski definition) is 3. The molecule has 3 rings (SSSR count).